The fourth-order valence-corrected chi connectivity index (χ4v) is 8.37. The van der Waals surface area contributed by atoms with E-state index in [2.05, 4.69) is 35.1 Å². The minimum absolute atomic E-state index is 0.0779. The number of rotatable bonds is 5. The van der Waals surface area contributed by atoms with Crippen LogP contribution in [-0.2, 0) is 15.7 Å². The molecule has 0 radical (unpaired) electrons. The van der Waals surface area contributed by atoms with Gasteiger partial charge in [0.15, 0.2) is 0 Å². The maximum absolute atomic E-state index is 15.2. The maximum atomic E-state index is 15.2. The normalized spacial score (nSPS) is 24.5. The van der Waals surface area contributed by atoms with E-state index in [1.165, 1.54) is 13.0 Å². The monoisotopic (exact) mass is 542 g/mol. The highest BCUT2D eigenvalue weighted by Gasteiger charge is 2.59. The predicted molar refractivity (Wildman–Crippen MR) is 129 cm³/mol. The molecule has 200 valence electrons. The van der Waals surface area contributed by atoms with E-state index in [0.717, 1.165) is 24.4 Å². The van der Waals surface area contributed by atoms with Gasteiger partial charge in [0.25, 0.3) is 5.91 Å². The lowest BCUT2D eigenvalue weighted by Crippen LogP contribution is -2.66. The van der Waals surface area contributed by atoms with Crippen molar-refractivity contribution in [1.29, 1.82) is 0 Å². The zero-order valence-corrected chi connectivity index (χ0v) is 20.9. The molecule has 1 fully saturated rings. The molecule has 0 spiro atoms. The average Bonchev–Trinajstić information content (AvgIpc) is 3.23. The molecule has 0 unspecified atom stereocenters. The first-order chi connectivity index (χ1) is 17.3. The highest BCUT2D eigenvalue weighted by atomic mass is 32.3. The number of aromatic nitrogens is 2. The summed E-state index contributed by atoms with van der Waals surface area (Å²) in [6.45, 7) is 2.05. The molecule has 15 heteroatoms. The van der Waals surface area contributed by atoms with Gasteiger partial charge in [-0.1, -0.05) is 0 Å². The van der Waals surface area contributed by atoms with E-state index in [1.807, 2.05) is 0 Å². The fraction of sp³-hybridized carbons (Fsp3) is 0.409. The van der Waals surface area contributed by atoms with Gasteiger partial charge in [0.2, 0.25) is 0 Å². The Morgan fingerprint density at radius 1 is 1.22 bits per heavy atom. The zero-order valence-electron chi connectivity index (χ0n) is 20.0. The number of amides is 2. The molecule has 4 N–H and O–H groups in total. The Morgan fingerprint density at radius 2 is 1.95 bits per heavy atom. The fourth-order valence-electron chi connectivity index (χ4n) is 4.71. The quantitative estimate of drug-likeness (QED) is 0.364. The largest absolute Gasteiger partial charge is 0.465 e. The Morgan fingerprint density at radius 3 is 2.57 bits per heavy atom. The summed E-state index contributed by atoms with van der Waals surface area (Å²) in [5.41, 5.74) is -1.91. The minimum atomic E-state index is -3.38. The van der Waals surface area contributed by atoms with Crippen molar-refractivity contribution in [1.82, 2.24) is 20.0 Å². The average molecular weight is 543 g/mol. The molecular formula is C22H25F3N6O5S. The van der Waals surface area contributed by atoms with Crippen LogP contribution in [0.15, 0.2) is 35.5 Å². The molecule has 2 aliphatic rings. The molecule has 0 bridgehead atoms. The van der Waals surface area contributed by atoms with Gasteiger partial charge < -0.3 is 15.2 Å². The minimum Gasteiger partial charge on any atom is -0.465 e. The SMILES string of the molecule is CC1(C)C(NC(=O)O)=N[C@](C)(c2nc(NC(=O)c3ccc(OC(F)F)cn3)ccc2F)[C@H]2CCN[SH]21=O. The van der Waals surface area contributed by atoms with Gasteiger partial charge in [0, 0.05) is 6.54 Å². The predicted octanol–water partition coefficient (Wildman–Crippen LogP) is 2.44. The Labute approximate surface area is 210 Å². The maximum Gasteiger partial charge on any atom is 0.410 e. The number of hydrogen-bond acceptors (Lipinski definition) is 7. The van der Waals surface area contributed by atoms with Crippen molar-refractivity contribution in [3.05, 3.63) is 47.7 Å². The molecule has 2 aliphatic heterocycles. The van der Waals surface area contributed by atoms with Crippen LogP contribution in [0.4, 0.5) is 23.8 Å². The number of alkyl halides is 2. The molecule has 0 aliphatic carbocycles. The van der Waals surface area contributed by atoms with Gasteiger partial charge in [-0.25, -0.2) is 19.2 Å². The van der Waals surface area contributed by atoms with E-state index in [4.69, 9.17) is 0 Å². The lowest BCUT2D eigenvalue weighted by Gasteiger charge is -2.50. The van der Waals surface area contributed by atoms with Crippen LogP contribution in [-0.4, -0.2) is 60.3 Å². The van der Waals surface area contributed by atoms with E-state index >= 15 is 4.39 Å². The number of amidine groups is 1. The molecular weight excluding hydrogens is 517 g/mol. The number of aliphatic imine (C=N–C) groups is 1. The van der Waals surface area contributed by atoms with Gasteiger partial charge in [-0.2, -0.15) is 8.78 Å². The van der Waals surface area contributed by atoms with Gasteiger partial charge in [0.1, 0.15) is 40.1 Å². The van der Waals surface area contributed by atoms with Gasteiger partial charge in [-0.15, -0.1) is 0 Å². The number of nitrogens with zero attached hydrogens (tertiary/aromatic N) is 3. The number of pyridine rings is 2. The van der Waals surface area contributed by atoms with Crippen LogP contribution in [0.3, 0.4) is 0 Å². The molecule has 37 heavy (non-hydrogen) atoms. The highest BCUT2D eigenvalue weighted by molar-refractivity contribution is 8.04. The number of halogens is 3. The Hall–Kier alpha value is -3.59. The summed E-state index contributed by atoms with van der Waals surface area (Å²) < 4.78 is 60.0. The summed E-state index contributed by atoms with van der Waals surface area (Å²) in [6.07, 6.45) is -0.0908. The number of carboxylic acid groups (broad SMARTS) is 1. The Balaban J connectivity index is 1.70. The van der Waals surface area contributed by atoms with Crippen molar-refractivity contribution in [2.45, 2.75) is 49.3 Å². The zero-order chi connectivity index (χ0) is 27.2. The summed E-state index contributed by atoms with van der Waals surface area (Å²) >= 11 is 0. The third kappa shape index (κ3) is 4.64. The van der Waals surface area contributed by atoms with Crippen LogP contribution in [0.1, 0.15) is 43.4 Å². The lowest BCUT2D eigenvalue weighted by molar-refractivity contribution is -0.0500. The van der Waals surface area contributed by atoms with Crippen LogP contribution in [0.2, 0.25) is 0 Å². The number of carbonyl (C=O) groups is 2. The first-order valence-electron chi connectivity index (χ1n) is 11.1. The Kier molecular flexibility index (Phi) is 6.71. The van der Waals surface area contributed by atoms with Crippen molar-refractivity contribution < 1.29 is 36.8 Å². The summed E-state index contributed by atoms with van der Waals surface area (Å²) in [5, 5.41) is 13.3. The number of hydrogen-bond donors (Lipinski definition) is 5. The molecule has 2 amide bonds. The van der Waals surface area contributed by atoms with Gasteiger partial charge in [0.05, 0.1) is 16.2 Å². The number of anilines is 1. The van der Waals surface area contributed by atoms with Gasteiger partial charge >= 0.3 is 12.7 Å². The molecule has 2 aromatic heterocycles. The van der Waals surface area contributed by atoms with Crippen LogP contribution in [0, 0.1) is 5.82 Å². The van der Waals surface area contributed by atoms with E-state index in [9.17, 15) is 27.7 Å². The summed E-state index contributed by atoms with van der Waals surface area (Å²) in [7, 11) is -3.38. The third-order valence-electron chi connectivity index (χ3n) is 6.59. The molecule has 11 nitrogen and oxygen atoms in total. The second-order valence-corrected chi connectivity index (χ2v) is 12.6. The molecule has 1 saturated heterocycles. The third-order valence-corrected chi connectivity index (χ3v) is 10.8. The summed E-state index contributed by atoms with van der Waals surface area (Å²) in [5.74, 6) is -1.95. The van der Waals surface area contributed by atoms with Crippen LogP contribution in [0.25, 0.3) is 0 Å². The number of nitrogens with one attached hydrogen (secondary N) is 3. The number of carbonyl (C=O) groups excluding carboxylic acids is 1. The Bertz CT molecular complexity index is 1320. The van der Waals surface area contributed by atoms with E-state index < -0.39 is 50.1 Å². The van der Waals surface area contributed by atoms with E-state index in [0.29, 0.717) is 13.0 Å². The van der Waals surface area contributed by atoms with Crippen LogP contribution in [0.5, 0.6) is 5.75 Å². The van der Waals surface area contributed by atoms with Crippen LogP contribution >= 0.6 is 0 Å². The standard InChI is InChI=1S/C22H25F3N6O5S/c1-21(2)18(30-20(33)34)31-22(3,14-8-9-27-37(14,21)35)16-12(23)5-7-15(28-16)29-17(32)13-6-4-11(10-26-13)36-19(24)25/h4-7,10,14,19,37H,8-9H2,1-3H3,(H,27,35)(H,30,31)(H,33,34)(H,28,29,32)/t14-,22+/m1/s1. The number of ether oxygens (including phenoxy) is 1. The lowest BCUT2D eigenvalue weighted by atomic mass is 9.89. The summed E-state index contributed by atoms with van der Waals surface area (Å²) in [6, 6.07) is 4.56. The van der Waals surface area contributed by atoms with Crippen molar-refractivity contribution >= 4 is 33.8 Å². The van der Waals surface area contributed by atoms with Crippen molar-refractivity contribution in [2.75, 3.05) is 11.9 Å². The second kappa shape index (κ2) is 9.37. The van der Waals surface area contributed by atoms with Crippen molar-refractivity contribution in [3.8, 4) is 5.75 Å². The first-order valence-corrected chi connectivity index (χ1v) is 12.9. The first kappa shape index (κ1) is 26.5. The van der Waals surface area contributed by atoms with Crippen molar-refractivity contribution in [2.24, 2.45) is 4.99 Å². The number of thiol groups is 1. The van der Waals surface area contributed by atoms with Gasteiger partial charge in [-0.05, 0) is 61.6 Å². The molecule has 0 aromatic carbocycles. The summed E-state index contributed by atoms with van der Waals surface area (Å²) in [4.78, 5) is 36.7. The van der Waals surface area contributed by atoms with Crippen molar-refractivity contribution in [3.63, 3.8) is 0 Å². The number of fused-ring (bicyclic) bond motifs is 1. The molecule has 2 atom stereocenters. The highest BCUT2D eigenvalue weighted by Crippen LogP contribution is 2.48. The molecule has 2 aromatic rings. The molecule has 0 saturated carbocycles. The smallest absolute Gasteiger partial charge is 0.410 e. The van der Waals surface area contributed by atoms with E-state index in [-0.39, 0.29) is 28.8 Å². The van der Waals surface area contributed by atoms with E-state index in [1.54, 1.807) is 13.8 Å². The van der Waals surface area contributed by atoms with Gasteiger partial charge in [-0.3, -0.25) is 24.0 Å². The molecule has 4 rings (SSSR count). The van der Waals surface area contributed by atoms with Crippen LogP contribution < -0.4 is 20.1 Å². The second-order valence-electron chi connectivity index (χ2n) is 9.21. The molecule has 4 heterocycles. The topological polar surface area (TPSA) is 155 Å².